The molecule has 0 aliphatic carbocycles. The molecule has 2 aromatic rings. The van der Waals surface area contributed by atoms with Crippen LogP contribution in [0.15, 0.2) is 36.4 Å². The first-order valence-electron chi connectivity index (χ1n) is 7.54. The molecule has 1 amide bonds. The summed E-state index contributed by atoms with van der Waals surface area (Å²) in [6.45, 7) is 6.62. The van der Waals surface area contributed by atoms with Crippen molar-refractivity contribution in [3.63, 3.8) is 0 Å². The molecule has 0 fully saturated rings. The maximum Gasteiger partial charge on any atom is 0.335 e. The third kappa shape index (κ3) is 4.66. The standard InChI is InChI=1S/C18H21NO3S/c1-12(2)19(11-16-8-7-13(3)23-16)17(20)10-14-5-4-6-15(9-14)18(21)22/h4-9,12H,10-11H2,1-3H3,(H,21,22). The number of amides is 1. The molecule has 0 bridgehead atoms. The van der Waals surface area contributed by atoms with Gasteiger partial charge in [0.25, 0.3) is 0 Å². The van der Waals surface area contributed by atoms with Crippen molar-refractivity contribution in [3.05, 3.63) is 57.3 Å². The van der Waals surface area contributed by atoms with Gasteiger partial charge in [-0.05, 0) is 50.6 Å². The molecule has 0 saturated heterocycles. The lowest BCUT2D eigenvalue weighted by atomic mass is 10.1. The van der Waals surface area contributed by atoms with Crippen molar-refractivity contribution < 1.29 is 14.7 Å². The average Bonchev–Trinajstić information content (AvgIpc) is 2.90. The predicted molar refractivity (Wildman–Crippen MR) is 91.8 cm³/mol. The number of nitrogens with zero attached hydrogens (tertiary/aromatic N) is 1. The highest BCUT2D eigenvalue weighted by atomic mass is 32.1. The molecule has 0 spiro atoms. The van der Waals surface area contributed by atoms with Crippen LogP contribution in [0.25, 0.3) is 0 Å². The number of carboxylic acids is 1. The second-order valence-electron chi connectivity index (χ2n) is 5.81. The minimum absolute atomic E-state index is 0.00796. The second kappa shape index (κ2) is 7.42. The SMILES string of the molecule is Cc1ccc(CN(C(=O)Cc2cccc(C(=O)O)c2)C(C)C)s1. The zero-order valence-electron chi connectivity index (χ0n) is 13.6. The Morgan fingerprint density at radius 3 is 2.52 bits per heavy atom. The lowest BCUT2D eigenvalue weighted by molar-refractivity contribution is -0.132. The molecule has 0 aliphatic rings. The first-order chi connectivity index (χ1) is 10.9. The average molecular weight is 331 g/mol. The Balaban J connectivity index is 2.12. The molecule has 1 N–H and O–H groups in total. The van der Waals surface area contributed by atoms with E-state index in [9.17, 15) is 9.59 Å². The van der Waals surface area contributed by atoms with Gasteiger partial charge in [0.15, 0.2) is 0 Å². The number of hydrogen-bond donors (Lipinski definition) is 1. The zero-order valence-corrected chi connectivity index (χ0v) is 14.4. The third-order valence-electron chi connectivity index (χ3n) is 3.60. The fourth-order valence-electron chi connectivity index (χ4n) is 2.39. The minimum atomic E-state index is -0.978. The number of carboxylic acid groups (broad SMARTS) is 1. The molecule has 0 radical (unpaired) electrons. The fraction of sp³-hybridized carbons (Fsp3) is 0.333. The van der Waals surface area contributed by atoms with Gasteiger partial charge >= 0.3 is 5.97 Å². The molecular formula is C18H21NO3S. The smallest absolute Gasteiger partial charge is 0.335 e. The molecule has 1 heterocycles. The van der Waals surface area contributed by atoms with Crippen LogP contribution in [0.1, 0.15) is 39.5 Å². The Bertz CT molecular complexity index is 706. The van der Waals surface area contributed by atoms with Crippen LogP contribution in [0.3, 0.4) is 0 Å². The molecule has 1 aromatic heterocycles. The predicted octanol–water partition coefficient (Wildman–Crippen LogP) is 3.73. The Labute approximate surface area is 140 Å². The quantitative estimate of drug-likeness (QED) is 0.877. The fourth-order valence-corrected chi connectivity index (χ4v) is 3.28. The van der Waals surface area contributed by atoms with Gasteiger partial charge in [-0.15, -0.1) is 11.3 Å². The van der Waals surface area contributed by atoms with Crippen LogP contribution in [0, 0.1) is 6.92 Å². The third-order valence-corrected chi connectivity index (χ3v) is 4.58. The maximum absolute atomic E-state index is 12.6. The topological polar surface area (TPSA) is 57.6 Å². The Kier molecular flexibility index (Phi) is 5.55. The molecule has 0 aliphatic heterocycles. The molecule has 0 saturated carbocycles. The number of rotatable bonds is 6. The van der Waals surface area contributed by atoms with Gasteiger partial charge in [0.05, 0.1) is 18.5 Å². The van der Waals surface area contributed by atoms with Gasteiger partial charge < -0.3 is 10.0 Å². The highest BCUT2D eigenvalue weighted by Crippen LogP contribution is 2.19. The van der Waals surface area contributed by atoms with Crippen LogP contribution < -0.4 is 0 Å². The van der Waals surface area contributed by atoms with Gasteiger partial charge in [0.2, 0.25) is 5.91 Å². The van der Waals surface area contributed by atoms with Crippen molar-refractivity contribution in [1.82, 2.24) is 4.90 Å². The van der Waals surface area contributed by atoms with Crippen molar-refractivity contribution in [3.8, 4) is 0 Å². The van der Waals surface area contributed by atoms with Crippen LogP contribution in [-0.4, -0.2) is 27.9 Å². The first kappa shape index (κ1) is 17.2. The lowest BCUT2D eigenvalue weighted by Crippen LogP contribution is -2.37. The zero-order chi connectivity index (χ0) is 17.0. The van der Waals surface area contributed by atoms with Crippen molar-refractivity contribution >= 4 is 23.2 Å². The van der Waals surface area contributed by atoms with Crippen molar-refractivity contribution in [2.24, 2.45) is 0 Å². The molecule has 2 rings (SSSR count). The Hall–Kier alpha value is -2.14. The van der Waals surface area contributed by atoms with E-state index in [0.29, 0.717) is 6.54 Å². The second-order valence-corrected chi connectivity index (χ2v) is 7.18. The number of benzene rings is 1. The summed E-state index contributed by atoms with van der Waals surface area (Å²) >= 11 is 1.69. The van der Waals surface area contributed by atoms with Crippen LogP contribution in [0.5, 0.6) is 0 Å². The van der Waals surface area contributed by atoms with Crippen LogP contribution in [-0.2, 0) is 17.8 Å². The monoisotopic (exact) mass is 331 g/mol. The maximum atomic E-state index is 12.6. The van der Waals surface area contributed by atoms with Gasteiger partial charge in [0, 0.05) is 15.8 Å². The molecule has 0 unspecified atom stereocenters. The van der Waals surface area contributed by atoms with E-state index in [1.807, 2.05) is 31.7 Å². The van der Waals surface area contributed by atoms with Crippen molar-refractivity contribution in [2.75, 3.05) is 0 Å². The summed E-state index contributed by atoms with van der Waals surface area (Å²) < 4.78 is 0. The number of thiophene rings is 1. The van der Waals surface area contributed by atoms with Gasteiger partial charge in [-0.2, -0.15) is 0 Å². The molecular weight excluding hydrogens is 310 g/mol. The Morgan fingerprint density at radius 1 is 1.22 bits per heavy atom. The summed E-state index contributed by atoms with van der Waals surface area (Å²) in [5, 5.41) is 9.04. The van der Waals surface area contributed by atoms with E-state index >= 15 is 0 Å². The van der Waals surface area contributed by atoms with E-state index in [4.69, 9.17) is 5.11 Å². The van der Waals surface area contributed by atoms with Crippen LogP contribution in [0.2, 0.25) is 0 Å². The number of carbonyl (C=O) groups excluding carboxylic acids is 1. The van der Waals surface area contributed by atoms with E-state index in [0.717, 1.165) is 10.4 Å². The largest absolute Gasteiger partial charge is 0.478 e. The summed E-state index contributed by atoms with van der Waals surface area (Å²) in [5.41, 5.74) is 0.934. The van der Waals surface area contributed by atoms with Gasteiger partial charge in [-0.25, -0.2) is 4.79 Å². The summed E-state index contributed by atoms with van der Waals surface area (Å²) in [6.07, 6.45) is 0.212. The molecule has 23 heavy (non-hydrogen) atoms. The first-order valence-corrected chi connectivity index (χ1v) is 8.35. The van der Waals surface area contributed by atoms with Gasteiger partial charge in [0.1, 0.15) is 0 Å². The van der Waals surface area contributed by atoms with Gasteiger partial charge in [-0.1, -0.05) is 12.1 Å². The van der Waals surface area contributed by atoms with E-state index < -0.39 is 5.97 Å². The minimum Gasteiger partial charge on any atom is -0.478 e. The highest BCUT2D eigenvalue weighted by molar-refractivity contribution is 7.11. The Morgan fingerprint density at radius 2 is 1.96 bits per heavy atom. The van der Waals surface area contributed by atoms with Crippen molar-refractivity contribution in [1.29, 1.82) is 0 Å². The molecule has 1 aromatic carbocycles. The highest BCUT2D eigenvalue weighted by Gasteiger charge is 2.18. The summed E-state index contributed by atoms with van der Waals surface area (Å²) in [7, 11) is 0. The van der Waals surface area contributed by atoms with E-state index in [2.05, 4.69) is 6.07 Å². The number of carbonyl (C=O) groups is 2. The van der Waals surface area contributed by atoms with Crippen LogP contribution >= 0.6 is 11.3 Å². The van der Waals surface area contributed by atoms with Crippen LogP contribution in [0.4, 0.5) is 0 Å². The summed E-state index contributed by atoms with van der Waals surface area (Å²) in [4.78, 5) is 27.9. The van der Waals surface area contributed by atoms with Gasteiger partial charge in [-0.3, -0.25) is 4.79 Å². The molecule has 0 atom stereocenters. The number of aromatic carboxylic acids is 1. The van der Waals surface area contributed by atoms with Crippen molar-refractivity contribution in [2.45, 2.75) is 39.8 Å². The van der Waals surface area contributed by atoms with E-state index in [1.54, 1.807) is 29.5 Å². The lowest BCUT2D eigenvalue weighted by Gasteiger charge is -2.26. The van der Waals surface area contributed by atoms with E-state index in [1.165, 1.54) is 10.9 Å². The summed E-state index contributed by atoms with van der Waals surface area (Å²) in [5.74, 6) is -0.970. The number of aryl methyl sites for hydroxylation is 1. The normalized spacial score (nSPS) is 10.8. The summed E-state index contributed by atoms with van der Waals surface area (Å²) in [6, 6.07) is 10.8. The van der Waals surface area contributed by atoms with E-state index in [-0.39, 0.29) is 23.9 Å². The molecule has 5 heteroatoms. The number of hydrogen-bond acceptors (Lipinski definition) is 3. The molecule has 122 valence electrons. The molecule has 4 nitrogen and oxygen atoms in total.